The number of hydrogen-bond acceptors (Lipinski definition) is 3. The van der Waals surface area contributed by atoms with Crippen LogP contribution in [0.2, 0.25) is 0 Å². The molecule has 0 spiro atoms. The van der Waals surface area contributed by atoms with Crippen molar-refractivity contribution in [2.24, 2.45) is 5.92 Å². The fourth-order valence-electron chi connectivity index (χ4n) is 2.49. The molecule has 0 aliphatic carbocycles. The first-order chi connectivity index (χ1) is 12.9. The largest absolute Gasteiger partial charge is 0.345 e. The summed E-state index contributed by atoms with van der Waals surface area (Å²) in [5, 5.41) is 8.08. The molecule has 1 atom stereocenters. The first-order valence-corrected chi connectivity index (χ1v) is 9.44. The van der Waals surface area contributed by atoms with Gasteiger partial charge in [0.2, 0.25) is 17.7 Å². The molecule has 0 bridgehead atoms. The molecule has 1 rings (SSSR count). The highest BCUT2D eigenvalue weighted by Gasteiger charge is 2.24. The van der Waals surface area contributed by atoms with Crippen LogP contribution in [0.1, 0.15) is 45.6 Å². The highest BCUT2D eigenvalue weighted by atomic mass is 16.2. The van der Waals surface area contributed by atoms with Gasteiger partial charge in [-0.3, -0.25) is 14.4 Å². The van der Waals surface area contributed by atoms with Crippen LogP contribution in [0.25, 0.3) is 0 Å². The number of hydrogen-bond donors (Lipinski definition) is 3. The van der Waals surface area contributed by atoms with Gasteiger partial charge in [0, 0.05) is 12.1 Å². The summed E-state index contributed by atoms with van der Waals surface area (Å²) in [4.78, 5) is 36.4. The number of carbonyl (C=O) groups excluding carboxylic acids is 3. The molecule has 3 amide bonds. The number of allylic oxidation sites excluding steroid dienone is 1. The van der Waals surface area contributed by atoms with Crippen molar-refractivity contribution in [3.63, 3.8) is 0 Å². The summed E-state index contributed by atoms with van der Waals surface area (Å²) in [6.07, 6.45) is 4.48. The fourth-order valence-corrected chi connectivity index (χ4v) is 2.49. The molecule has 1 aromatic rings. The molecular weight excluding hydrogens is 342 g/mol. The summed E-state index contributed by atoms with van der Waals surface area (Å²) < 4.78 is 0. The zero-order valence-corrected chi connectivity index (χ0v) is 16.5. The van der Waals surface area contributed by atoms with E-state index in [1.807, 2.05) is 38.1 Å². The van der Waals surface area contributed by atoms with Gasteiger partial charge in [-0.2, -0.15) is 0 Å². The van der Waals surface area contributed by atoms with Crippen molar-refractivity contribution < 1.29 is 14.4 Å². The normalized spacial score (nSPS) is 11.6. The minimum Gasteiger partial charge on any atom is -0.345 e. The van der Waals surface area contributed by atoms with E-state index in [9.17, 15) is 14.4 Å². The van der Waals surface area contributed by atoms with Crippen molar-refractivity contribution in [1.82, 2.24) is 10.6 Å². The molecule has 0 fully saturated rings. The molecular formula is C21H31N3O3. The van der Waals surface area contributed by atoms with Crippen molar-refractivity contribution in [3.05, 3.63) is 42.5 Å². The monoisotopic (exact) mass is 373 g/mol. The molecule has 0 aliphatic heterocycles. The number of aryl methyl sites for hydroxylation is 1. The summed E-state index contributed by atoms with van der Waals surface area (Å²) in [7, 11) is 0. The lowest BCUT2D eigenvalue weighted by Crippen LogP contribution is -2.51. The second-order valence-corrected chi connectivity index (χ2v) is 6.79. The average molecular weight is 373 g/mol. The van der Waals surface area contributed by atoms with Crippen LogP contribution in [0.5, 0.6) is 0 Å². The molecule has 1 unspecified atom stereocenters. The Hall–Kier alpha value is -2.63. The number of amides is 3. The third-order valence-electron chi connectivity index (χ3n) is 4.15. The van der Waals surface area contributed by atoms with Crippen LogP contribution in [-0.4, -0.2) is 30.3 Å². The number of rotatable bonds is 11. The number of anilines is 1. The van der Waals surface area contributed by atoms with Crippen LogP contribution < -0.4 is 16.0 Å². The maximum absolute atomic E-state index is 12.4. The standard InChI is InChI=1S/C21H31N3O3/c1-5-7-8-9-18(25)24-20(15(3)4)21(27)22-14-19(26)23-17-12-10-16(6-2)11-13-17/h5,10-13,15,20H,1,6-9,14H2,2-4H3,(H,22,27)(H,23,26)(H,24,25). The maximum atomic E-state index is 12.4. The Labute approximate surface area is 161 Å². The molecule has 3 N–H and O–H groups in total. The quantitative estimate of drug-likeness (QED) is 0.412. The number of unbranched alkanes of at least 4 members (excludes halogenated alkanes) is 1. The van der Waals surface area contributed by atoms with Gasteiger partial charge in [-0.25, -0.2) is 0 Å². The number of nitrogens with one attached hydrogen (secondary N) is 3. The predicted molar refractivity (Wildman–Crippen MR) is 108 cm³/mol. The Morgan fingerprint density at radius 2 is 1.78 bits per heavy atom. The van der Waals surface area contributed by atoms with E-state index in [0.717, 1.165) is 12.8 Å². The third kappa shape index (κ3) is 8.53. The molecule has 27 heavy (non-hydrogen) atoms. The summed E-state index contributed by atoms with van der Waals surface area (Å²) in [5.74, 6) is -0.935. The van der Waals surface area contributed by atoms with Gasteiger partial charge in [-0.05, 0) is 42.9 Å². The first kappa shape index (κ1) is 22.4. The van der Waals surface area contributed by atoms with Crippen LogP contribution in [0, 0.1) is 5.92 Å². The Kier molecular flexibility index (Phi) is 9.86. The zero-order valence-electron chi connectivity index (χ0n) is 16.5. The van der Waals surface area contributed by atoms with E-state index in [0.29, 0.717) is 18.5 Å². The van der Waals surface area contributed by atoms with Crippen LogP contribution in [0.15, 0.2) is 36.9 Å². The predicted octanol–water partition coefficient (Wildman–Crippen LogP) is 2.80. The lowest BCUT2D eigenvalue weighted by molar-refractivity contribution is -0.130. The summed E-state index contributed by atoms with van der Waals surface area (Å²) >= 11 is 0. The van der Waals surface area contributed by atoms with E-state index in [1.54, 1.807) is 6.08 Å². The van der Waals surface area contributed by atoms with Crippen LogP contribution in [-0.2, 0) is 20.8 Å². The molecule has 0 saturated carbocycles. The Morgan fingerprint density at radius 1 is 1.11 bits per heavy atom. The van der Waals surface area contributed by atoms with E-state index >= 15 is 0 Å². The SMILES string of the molecule is C=CCCCC(=O)NC(C(=O)NCC(=O)Nc1ccc(CC)cc1)C(C)C. The van der Waals surface area contributed by atoms with Gasteiger partial charge in [0.25, 0.3) is 0 Å². The minimum atomic E-state index is -0.669. The van der Waals surface area contributed by atoms with Gasteiger partial charge in [0.1, 0.15) is 6.04 Å². The lowest BCUT2D eigenvalue weighted by Gasteiger charge is -2.21. The smallest absolute Gasteiger partial charge is 0.243 e. The third-order valence-corrected chi connectivity index (χ3v) is 4.15. The average Bonchev–Trinajstić information content (AvgIpc) is 2.64. The second kappa shape index (κ2) is 11.9. The Morgan fingerprint density at radius 3 is 2.33 bits per heavy atom. The van der Waals surface area contributed by atoms with Crippen molar-refractivity contribution in [3.8, 4) is 0 Å². The molecule has 0 heterocycles. The van der Waals surface area contributed by atoms with Gasteiger partial charge < -0.3 is 16.0 Å². The highest BCUT2D eigenvalue weighted by molar-refractivity contribution is 5.96. The van der Waals surface area contributed by atoms with Crippen molar-refractivity contribution in [1.29, 1.82) is 0 Å². The van der Waals surface area contributed by atoms with Crippen molar-refractivity contribution >= 4 is 23.4 Å². The minimum absolute atomic E-state index is 0.0852. The summed E-state index contributed by atoms with van der Waals surface area (Å²) in [5.41, 5.74) is 1.87. The molecule has 148 valence electrons. The Balaban J connectivity index is 2.48. The molecule has 0 saturated heterocycles. The van der Waals surface area contributed by atoms with Crippen molar-refractivity contribution in [2.45, 2.75) is 52.5 Å². The number of benzene rings is 1. The second-order valence-electron chi connectivity index (χ2n) is 6.79. The Bertz CT molecular complexity index is 639. The number of carbonyl (C=O) groups is 3. The first-order valence-electron chi connectivity index (χ1n) is 9.44. The summed E-state index contributed by atoms with van der Waals surface area (Å²) in [6.45, 7) is 9.24. The maximum Gasteiger partial charge on any atom is 0.243 e. The van der Waals surface area contributed by atoms with E-state index in [-0.39, 0.29) is 30.2 Å². The molecule has 0 aromatic heterocycles. The molecule has 6 nitrogen and oxygen atoms in total. The molecule has 1 aromatic carbocycles. The lowest BCUT2D eigenvalue weighted by atomic mass is 10.0. The fraction of sp³-hybridized carbons (Fsp3) is 0.476. The van der Waals surface area contributed by atoms with Gasteiger partial charge in [0.05, 0.1) is 6.54 Å². The molecule has 0 aliphatic rings. The topological polar surface area (TPSA) is 87.3 Å². The van der Waals surface area contributed by atoms with E-state index in [4.69, 9.17) is 0 Å². The molecule has 6 heteroatoms. The van der Waals surface area contributed by atoms with Gasteiger partial charge in [0.15, 0.2) is 0 Å². The van der Waals surface area contributed by atoms with Gasteiger partial charge in [-0.15, -0.1) is 6.58 Å². The van der Waals surface area contributed by atoms with E-state index in [2.05, 4.69) is 29.5 Å². The van der Waals surface area contributed by atoms with Crippen LogP contribution in [0.4, 0.5) is 5.69 Å². The zero-order chi connectivity index (χ0) is 20.2. The van der Waals surface area contributed by atoms with E-state index < -0.39 is 6.04 Å². The van der Waals surface area contributed by atoms with Crippen LogP contribution >= 0.6 is 0 Å². The highest BCUT2D eigenvalue weighted by Crippen LogP contribution is 2.09. The van der Waals surface area contributed by atoms with Crippen molar-refractivity contribution in [2.75, 3.05) is 11.9 Å². The van der Waals surface area contributed by atoms with E-state index in [1.165, 1.54) is 5.56 Å². The molecule has 0 radical (unpaired) electrons. The van der Waals surface area contributed by atoms with Crippen LogP contribution in [0.3, 0.4) is 0 Å². The van der Waals surface area contributed by atoms with Gasteiger partial charge >= 0.3 is 0 Å². The summed E-state index contributed by atoms with van der Waals surface area (Å²) in [6, 6.07) is 6.89. The van der Waals surface area contributed by atoms with Gasteiger partial charge in [-0.1, -0.05) is 39.0 Å².